The van der Waals surface area contributed by atoms with E-state index < -0.39 is 41.0 Å². The molecule has 2 saturated heterocycles. The van der Waals surface area contributed by atoms with E-state index in [9.17, 15) is 29.1 Å². The van der Waals surface area contributed by atoms with Crippen LogP contribution >= 0.6 is 11.6 Å². The number of benzene rings is 2. The lowest BCUT2D eigenvalue weighted by Gasteiger charge is -2.49. The normalized spacial score (nSPS) is 29.0. The molecule has 0 bridgehead atoms. The van der Waals surface area contributed by atoms with Crippen LogP contribution in [-0.4, -0.2) is 58.4 Å². The first kappa shape index (κ1) is 30.8. The number of carboxylic acid groups (broad SMARTS) is 1. The predicted octanol–water partition coefficient (Wildman–Crippen LogP) is 4.93. The summed E-state index contributed by atoms with van der Waals surface area (Å²) in [6.45, 7) is 1.99. The van der Waals surface area contributed by atoms with Crippen molar-refractivity contribution in [3.8, 4) is 11.5 Å². The fraction of sp³-hybridized carbons (Fsp3) is 0.441. The average Bonchev–Trinajstić information content (AvgIpc) is 3.38. The smallest absolute Gasteiger partial charge is 0.303 e. The number of halogens is 1. The van der Waals surface area contributed by atoms with Gasteiger partial charge in [-0.1, -0.05) is 47.9 Å². The summed E-state index contributed by atoms with van der Waals surface area (Å²) in [5.41, 5.74) is 0.585. The van der Waals surface area contributed by atoms with Gasteiger partial charge in [-0.05, 0) is 68.4 Å². The van der Waals surface area contributed by atoms with Gasteiger partial charge in [0.1, 0.15) is 0 Å². The number of aliphatic carboxylic acids is 1. The number of carboxylic acids is 1. The van der Waals surface area contributed by atoms with Crippen molar-refractivity contribution in [3.63, 3.8) is 0 Å². The number of likely N-dealkylation sites (tertiary alicyclic amines) is 1. The lowest BCUT2D eigenvalue weighted by molar-refractivity contribution is -0.141. The Morgan fingerprint density at radius 1 is 1.02 bits per heavy atom. The monoisotopic (exact) mass is 634 g/mol. The zero-order valence-corrected chi connectivity index (χ0v) is 25.8. The molecular formula is C34H35ClN2O8. The van der Waals surface area contributed by atoms with E-state index in [-0.39, 0.29) is 59.5 Å². The number of fused-ring (bicyclic) bond motifs is 4. The second-order valence-electron chi connectivity index (χ2n) is 12.6. The summed E-state index contributed by atoms with van der Waals surface area (Å²) in [6, 6.07) is 11.9. The summed E-state index contributed by atoms with van der Waals surface area (Å²) in [6.07, 6.45) is 4.05. The van der Waals surface area contributed by atoms with Crippen LogP contribution in [0.3, 0.4) is 0 Å². The standard InChI is InChI=1S/C34H35ClN2O8/c1-34-23(31(42)37(33(34)44)19-9-5-3-6-10-19)17-22-20(28(34)18-15-24(35)29(40)25(16-18)45-2)12-13-21-27(22)32(43)36(30(21)41)14-8-4-7-11-26(38)39/h3,5-6,9-10,12,15-16,21-23,27-28,40H,4,7-8,11,13-14,17H2,1-2H3,(H,38,39). The second-order valence-corrected chi connectivity index (χ2v) is 13.0. The van der Waals surface area contributed by atoms with Gasteiger partial charge >= 0.3 is 5.97 Å². The van der Waals surface area contributed by atoms with Crippen molar-refractivity contribution < 1.29 is 38.9 Å². The molecule has 4 amide bonds. The number of anilines is 1. The summed E-state index contributed by atoms with van der Waals surface area (Å²) in [4.78, 5) is 69.6. The van der Waals surface area contributed by atoms with E-state index in [1.165, 1.54) is 16.9 Å². The highest BCUT2D eigenvalue weighted by atomic mass is 35.5. The Morgan fingerprint density at radius 3 is 2.44 bits per heavy atom. The van der Waals surface area contributed by atoms with Gasteiger partial charge in [-0.15, -0.1) is 0 Å². The number of carbonyl (C=O) groups excluding carboxylic acids is 4. The lowest BCUT2D eigenvalue weighted by atomic mass is 9.51. The van der Waals surface area contributed by atoms with Gasteiger partial charge in [0.05, 0.1) is 41.0 Å². The first-order chi connectivity index (χ1) is 21.5. The molecule has 1 saturated carbocycles. The number of hydrogen-bond acceptors (Lipinski definition) is 7. The van der Waals surface area contributed by atoms with Crippen molar-refractivity contribution in [1.29, 1.82) is 0 Å². The topological polar surface area (TPSA) is 142 Å². The van der Waals surface area contributed by atoms with Gasteiger partial charge in [-0.25, -0.2) is 4.90 Å². The number of hydrogen-bond donors (Lipinski definition) is 2. The Balaban J connectivity index is 1.41. The number of phenols is 1. The molecule has 236 valence electrons. The van der Waals surface area contributed by atoms with Crippen LogP contribution in [0.15, 0.2) is 54.1 Å². The number of methoxy groups -OCH3 is 1. The molecule has 10 nitrogen and oxygen atoms in total. The number of phenolic OH excluding ortho intramolecular Hbond substituents is 1. The maximum atomic E-state index is 14.4. The van der Waals surface area contributed by atoms with Crippen LogP contribution < -0.4 is 9.64 Å². The number of unbranched alkanes of at least 4 members (excludes halogenated alkanes) is 2. The SMILES string of the molecule is COc1cc(C2C3=CCC4C(=O)N(CCCCCC(=O)O)C(=O)C4C3CC3C(=O)N(c4ccccc4)C(=O)C32C)cc(Cl)c1O. The molecule has 6 rings (SSSR count). The Hall–Kier alpha value is -4.18. The summed E-state index contributed by atoms with van der Waals surface area (Å²) >= 11 is 6.46. The average molecular weight is 635 g/mol. The van der Waals surface area contributed by atoms with Gasteiger partial charge in [-0.3, -0.25) is 28.9 Å². The van der Waals surface area contributed by atoms with Gasteiger partial charge in [0.2, 0.25) is 23.6 Å². The van der Waals surface area contributed by atoms with Gasteiger partial charge in [0, 0.05) is 18.9 Å². The third-order valence-electron chi connectivity index (χ3n) is 10.3. The number of ether oxygens (including phenoxy) is 1. The molecule has 2 aromatic carbocycles. The van der Waals surface area contributed by atoms with Crippen LogP contribution in [0, 0.1) is 29.1 Å². The van der Waals surface area contributed by atoms with Gasteiger partial charge < -0.3 is 14.9 Å². The molecule has 2 aliphatic carbocycles. The minimum atomic E-state index is -1.25. The minimum Gasteiger partial charge on any atom is -0.503 e. The van der Waals surface area contributed by atoms with Crippen molar-refractivity contribution >= 4 is 46.9 Å². The van der Waals surface area contributed by atoms with Gasteiger partial charge in [0.25, 0.3) is 0 Å². The van der Waals surface area contributed by atoms with Crippen LogP contribution in [-0.2, 0) is 24.0 Å². The molecule has 0 aromatic heterocycles. The molecule has 2 N–H and O–H groups in total. The zero-order chi connectivity index (χ0) is 32.2. The van der Waals surface area contributed by atoms with Gasteiger partial charge in [0.15, 0.2) is 11.5 Å². The van der Waals surface area contributed by atoms with Crippen molar-refractivity contribution in [2.45, 2.75) is 51.4 Å². The molecule has 4 aliphatic rings. The number of rotatable bonds is 9. The molecule has 2 aromatic rings. The third kappa shape index (κ3) is 4.81. The van der Waals surface area contributed by atoms with E-state index in [4.69, 9.17) is 21.4 Å². The fourth-order valence-corrected chi connectivity index (χ4v) is 8.36. The van der Waals surface area contributed by atoms with Crippen molar-refractivity contribution in [3.05, 3.63) is 64.7 Å². The van der Waals surface area contributed by atoms with E-state index in [0.29, 0.717) is 36.9 Å². The van der Waals surface area contributed by atoms with Crippen molar-refractivity contribution in [2.75, 3.05) is 18.6 Å². The summed E-state index contributed by atoms with van der Waals surface area (Å²) in [5.74, 6) is -5.50. The van der Waals surface area contributed by atoms with Crippen LogP contribution in [0.5, 0.6) is 11.5 Å². The highest BCUT2D eigenvalue weighted by Gasteiger charge is 2.67. The predicted molar refractivity (Wildman–Crippen MR) is 164 cm³/mol. The number of carbonyl (C=O) groups is 5. The largest absolute Gasteiger partial charge is 0.503 e. The number of allylic oxidation sites excluding steroid dienone is 2. The molecule has 6 unspecified atom stereocenters. The first-order valence-electron chi connectivity index (χ1n) is 15.3. The maximum absolute atomic E-state index is 14.4. The number of para-hydroxylation sites is 1. The quantitative estimate of drug-likeness (QED) is 0.225. The van der Waals surface area contributed by atoms with E-state index in [1.54, 1.807) is 49.4 Å². The number of aromatic hydroxyl groups is 1. The molecule has 45 heavy (non-hydrogen) atoms. The highest BCUT2D eigenvalue weighted by molar-refractivity contribution is 6.32. The molecule has 0 spiro atoms. The van der Waals surface area contributed by atoms with Crippen LogP contribution in [0.2, 0.25) is 5.02 Å². The number of nitrogens with zero attached hydrogens (tertiary/aromatic N) is 2. The Labute approximate surface area is 265 Å². The van der Waals surface area contributed by atoms with E-state index in [0.717, 1.165) is 5.57 Å². The molecule has 3 fully saturated rings. The van der Waals surface area contributed by atoms with Crippen molar-refractivity contribution in [1.82, 2.24) is 4.90 Å². The Morgan fingerprint density at radius 2 is 1.76 bits per heavy atom. The van der Waals surface area contributed by atoms with Crippen LogP contribution in [0.25, 0.3) is 0 Å². The highest BCUT2D eigenvalue weighted by Crippen LogP contribution is 2.64. The van der Waals surface area contributed by atoms with E-state index in [2.05, 4.69) is 0 Å². The molecule has 2 heterocycles. The fourth-order valence-electron chi connectivity index (χ4n) is 8.14. The maximum Gasteiger partial charge on any atom is 0.303 e. The summed E-state index contributed by atoms with van der Waals surface area (Å²) in [5, 5.41) is 19.5. The number of amides is 4. The van der Waals surface area contributed by atoms with E-state index in [1.807, 2.05) is 6.08 Å². The first-order valence-corrected chi connectivity index (χ1v) is 15.6. The molecule has 2 aliphatic heterocycles. The molecule has 11 heteroatoms. The molecule has 6 atom stereocenters. The van der Waals surface area contributed by atoms with Crippen LogP contribution in [0.4, 0.5) is 5.69 Å². The second kappa shape index (κ2) is 11.6. The zero-order valence-electron chi connectivity index (χ0n) is 25.1. The lowest BCUT2D eigenvalue weighted by Crippen LogP contribution is -2.48. The number of imide groups is 2. The Bertz CT molecular complexity index is 1620. The Kier molecular flexibility index (Phi) is 7.97. The summed E-state index contributed by atoms with van der Waals surface area (Å²) in [7, 11) is 1.40. The summed E-state index contributed by atoms with van der Waals surface area (Å²) < 4.78 is 5.40. The van der Waals surface area contributed by atoms with Crippen LogP contribution in [0.1, 0.15) is 56.9 Å². The molecular weight excluding hydrogens is 600 g/mol. The van der Waals surface area contributed by atoms with E-state index >= 15 is 0 Å². The van der Waals surface area contributed by atoms with Gasteiger partial charge in [-0.2, -0.15) is 0 Å². The third-order valence-corrected chi connectivity index (χ3v) is 10.5. The van der Waals surface area contributed by atoms with Crippen molar-refractivity contribution in [2.24, 2.45) is 29.1 Å². The molecule has 0 radical (unpaired) electrons. The minimum absolute atomic E-state index is 0.0267.